The quantitative estimate of drug-likeness (QED) is 0.759. The Morgan fingerprint density at radius 2 is 1.97 bits per heavy atom. The monoisotopic (exact) mass is 434 g/mol. The van der Waals surface area contributed by atoms with Crippen molar-refractivity contribution in [2.24, 2.45) is 9.50 Å². The molecule has 160 valence electrons. The Labute approximate surface area is 173 Å². The summed E-state index contributed by atoms with van der Waals surface area (Å²) in [4.78, 5) is 14.7. The fourth-order valence-electron chi connectivity index (χ4n) is 4.33. The van der Waals surface area contributed by atoms with Gasteiger partial charge in [-0.05, 0) is 62.0 Å². The molecule has 0 bridgehead atoms. The summed E-state index contributed by atoms with van der Waals surface area (Å²) in [5.41, 5.74) is 3.53. The number of halogens is 1. The number of aromatic nitrogens is 2. The van der Waals surface area contributed by atoms with Crippen LogP contribution >= 0.6 is 0 Å². The number of hydrogen-bond donors (Lipinski definition) is 2. The van der Waals surface area contributed by atoms with E-state index in [1.807, 2.05) is 19.0 Å². The van der Waals surface area contributed by atoms with E-state index in [0.29, 0.717) is 55.6 Å². The second kappa shape index (κ2) is 6.76. The van der Waals surface area contributed by atoms with Crippen LogP contribution in [0, 0.1) is 5.82 Å². The summed E-state index contributed by atoms with van der Waals surface area (Å²) in [6, 6.07) is -0.857. The van der Waals surface area contributed by atoms with Gasteiger partial charge in [0.05, 0.1) is 6.20 Å². The van der Waals surface area contributed by atoms with E-state index in [1.54, 1.807) is 4.68 Å². The first kappa shape index (κ1) is 19.5. The number of fused-ring (bicyclic) bond motifs is 3. The molecule has 3 aliphatic rings. The molecule has 0 radical (unpaired) electrons. The molecule has 11 heteroatoms. The van der Waals surface area contributed by atoms with E-state index in [4.69, 9.17) is 9.88 Å². The second-order valence-corrected chi connectivity index (χ2v) is 9.94. The van der Waals surface area contributed by atoms with Gasteiger partial charge in [-0.3, -0.25) is 0 Å². The highest BCUT2D eigenvalue weighted by atomic mass is 32.2. The molecule has 2 heterocycles. The van der Waals surface area contributed by atoms with Gasteiger partial charge in [0.15, 0.2) is 9.92 Å². The molecule has 1 aromatic carbocycles. The normalized spacial score (nSPS) is 20.2. The number of benzene rings is 1. The molecule has 9 nitrogen and oxygen atoms in total. The number of amides is 2. The topological polar surface area (TPSA) is 115 Å². The number of hydrogen-bond acceptors (Lipinski definition) is 5. The van der Waals surface area contributed by atoms with Gasteiger partial charge in [0.1, 0.15) is 23.4 Å². The van der Waals surface area contributed by atoms with Crippen LogP contribution in [0.15, 0.2) is 15.5 Å². The lowest BCUT2D eigenvalue weighted by Crippen LogP contribution is -2.26. The number of carbonyl (C=O) groups is 1. The standard InChI is InChI=1S/C19H23FN6O3S/c1-25(2)8-10-9-29-18-15(7-22-26(10)18)30(21,28)24-19(27)23-17-13-5-3-11(13)16(20)12-4-6-14(12)17/h7,10H,3-6,8-9H2,1-2H3,(H3,21,23,24,27,28)/t10-,30?/m1/s1. The largest absolute Gasteiger partial charge is 0.475 e. The highest BCUT2D eigenvalue weighted by Gasteiger charge is 2.34. The minimum Gasteiger partial charge on any atom is -0.475 e. The van der Waals surface area contributed by atoms with Gasteiger partial charge >= 0.3 is 6.03 Å². The summed E-state index contributed by atoms with van der Waals surface area (Å²) in [7, 11) is 0.310. The number of rotatable bonds is 4. The molecule has 0 fully saturated rings. The highest BCUT2D eigenvalue weighted by Crippen LogP contribution is 2.43. The van der Waals surface area contributed by atoms with E-state index in [0.717, 1.165) is 11.1 Å². The molecule has 2 amide bonds. The number of anilines is 1. The molecule has 2 atom stereocenters. The van der Waals surface area contributed by atoms with Gasteiger partial charge in [0.25, 0.3) is 0 Å². The third-order valence-electron chi connectivity index (χ3n) is 5.93. The number of ether oxygens (including phenoxy) is 1. The van der Waals surface area contributed by atoms with E-state index >= 15 is 0 Å². The molecule has 30 heavy (non-hydrogen) atoms. The van der Waals surface area contributed by atoms with Crippen molar-refractivity contribution >= 4 is 21.6 Å². The number of urea groups is 1. The zero-order chi connectivity index (χ0) is 21.2. The van der Waals surface area contributed by atoms with Crippen molar-refractivity contribution in [3.05, 3.63) is 34.3 Å². The van der Waals surface area contributed by atoms with Crippen LogP contribution in [-0.2, 0) is 35.6 Å². The summed E-state index contributed by atoms with van der Waals surface area (Å²) >= 11 is 0. The molecule has 0 saturated carbocycles. The lowest BCUT2D eigenvalue weighted by atomic mass is 9.76. The van der Waals surface area contributed by atoms with Crippen molar-refractivity contribution < 1.29 is 18.1 Å². The zero-order valence-corrected chi connectivity index (χ0v) is 17.6. The Balaban J connectivity index is 1.43. The van der Waals surface area contributed by atoms with Crippen molar-refractivity contribution in [3.63, 3.8) is 0 Å². The fraction of sp³-hybridized carbons (Fsp3) is 0.474. The molecular formula is C19H23FN6O3S. The molecule has 0 spiro atoms. The number of likely N-dealkylation sites (N-methyl/N-ethyl adjacent to an activating group) is 1. The van der Waals surface area contributed by atoms with Crippen molar-refractivity contribution in [2.75, 3.05) is 32.6 Å². The highest BCUT2D eigenvalue weighted by molar-refractivity contribution is 7.91. The van der Waals surface area contributed by atoms with Gasteiger partial charge in [-0.15, -0.1) is 4.36 Å². The molecule has 2 aromatic rings. The molecule has 3 N–H and O–H groups in total. The second-order valence-electron chi connectivity index (χ2n) is 8.18. The summed E-state index contributed by atoms with van der Waals surface area (Å²) in [6.07, 6.45) is 4.07. The van der Waals surface area contributed by atoms with Gasteiger partial charge in [-0.1, -0.05) is 0 Å². The van der Waals surface area contributed by atoms with Crippen molar-refractivity contribution in [3.8, 4) is 5.88 Å². The Hall–Kier alpha value is -2.50. The minimum atomic E-state index is -3.56. The van der Waals surface area contributed by atoms with Crippen LogP contribution in [-0.4, -0.2) is 52.2 Å². The maximum atomic E-state index is 14.3. The molecular weight excluding hydrogens is 411 g/mol. The lowest BCUT2D eigenvalue weighted by molar-refractivity contribution is 0.260. The van der Waals surface area contributed by atoms with Gasteiger partial charge in [-0.2, -0.15) is 5.10 Å². The first-order valence-corrected chi connectivity index (χ1v) is 11.4. The molecule has 1 unspecified atom stereocenters. The molecule has 2 aliphatic carbocycles. The lowest BCUT2D eigenvalue weighted by Gasteiger charge is -2.32. The molecule has 5 rings (SSSR count). The van der Waals surface area contributed by atoms with Crippen molar-refractivity contribution in [2.45, 2.75) is 36.6 Å². The van der Waals surface area contributed by atoms with Gasteiger partial charge < -0.3 is 15.0 Å². The number of nitrogens with two attached hydrogens (primary N) is 1. The third-order valence-corrected chi connectivity index (χ3v) is 7.28. The maximum absolute atomic E-state index is 14.3. The smallest absolute Gasteiger partial charge is 0.354 e. The number of carbonyl (C=O) groups excluding carboxylic acids is 1. The van der Waals surface area contributed by atoms with E-state index in [2.05, 4.69) is 14.8 Å². The Kier molecular flexibility index (Phi) is 4.38. The summed E-state index contributed by atoms with van der Waals surface area (Å²) in [6.45, 7) is 1.07. The predicted molar refractivity (Wildman–Crippen MR) is 109 cm³/mol. The first-order chi connectivity index (χ1) is 14.3. The predicted octanol–water partition coefficient (Wildman–Crippen LogP) is 1.65. The fourth-order valence-corrected chi connectivity index (χ4v) is 5.33. The van der Waals surface area contributed by atoms with Crippen LogP contribution in [0.5, 0.6) is 5.88 Å². The van der Waals surface area contributed by atoms with Gasteiger partial charge in [0, 0.05) is 12.2 Å². The van der Waals surface area contributed by atoms with Crippen LogP contribution in [0.4, 0.5) is 14.9 Å². The Morgan fingerprint density at radius 3 is 2.53 bits per heavy atom. The van der Waals surface area contributed by atoms with E-state index < -0.39 is 15.9 Å². The van der Waals surface area contributed by atoms with Crippen molar-refractivity contribution in [1.29, 1.82) is 0 Å². The van der Waals surface area contributed by atoms with Crippen LogP contribution in [0.3, 0.4) is 0 Å². The van der Waals surface area contributed by atoms with E-state index in [-0.39, 0.29) is 22.6 Å². The first-order valence-electron chi connectivity index (χ1n) is 9.82. The van der Waals surface area contributed by atoms with Crippen LogP contribution in [0.2, 0.25) is 0 Å². The Morgan fingerprint density at radius 1 is 1.33 bits per heavy atom. The molecule has 1 aromatic heterocycles. The average Bonchev–Trinajstić information content (AvgIpc) is 3.13. The van der Waals surface area contributed by atoms with Crippen LogP contribution in [0.1, 0.15) is 28.3 Å². The molecule has 1 aliphatic heterocycles. The zero-order valence-electron chi connectivity index (χ0n) is 16.8. The summed E-state index contributed by atoms with van der Waals surface area (Å²) < 4.78 is 38.4. The Bertz CT molecular complexity index is 1160. The van der Waals surface area contributed by atoms with E-state index in [1.165, 1.54) is 6.20 Å². The average molecular weight is 434 g/mol. The van der Waals surface area contributed by atoms with E-state index in [9.17, 15) is 13.4 Å². The summed E-state index contributed by atoms with van der Waals surface area (Å²) in [5.74, 6) is 0.135. The number of nitrogens with one attached hydrogen (secondary N) is 1. The summed E-state index contributed by atoms with van der Waals surface area (Å²) in [5, 5.41) is 12.9. The van der Waals surface area contributed by atoms with Crippen molar-refractivity contribution in [1.82, 2.24) is 14.7 Å². The number of nitrogens with zero attached hydrogens (tertiary/aromatic N) is 4. The van der Waals surface area contributed by atoms with Gasteiger partial charge in [0.2, 0.25) is 5.88 Å². The van der Waals surface area contributed by atoms with Crippen LogP contribution in [0.25, 0.3) is 0 Å². The van der Waals surface area contributed by atoms with Gasteiger partial charge in [-0.25, -0.2) is 23.2 Å². The SMILES string of the molecule is CN(C)C[C@@H]1COc2c(S(N)(=O)=NC(=O)Nc3c4c(c(F)c5c3CC5)CC4)cnn21. The minimum absolute atomic E-state index is 0.0373. The van der Waals surface area contributed by atoms with Crippen LogP contribution < -0.4 is 15.2 Å². The molecule has 0 saturated heterocycles. The maximum Gasteiger partial charge on any atom is 0.354 e. The third kappa shape index (κ3) is 2.91.